The molecule has 3 N–H and O–H groups in total. The molecule has 25 heavy (non-hydrogen) atoms. The number of hydrogen-bond donors (Lipinski definition) is 3. The van der Waals surface area contributed by atoms with Crippen molar-refractivity contribution in [1.82, 2.24) is 15.5 Å². The monoisotopic (exact) mass is 348 g/mol. The molecule has 2 saturated heterocycles. The molecule has 1 unspecified atom stereocenters. The summed E-state index contributed by atoms with van der Waals surface area (Å²) in [5, 5.41) is 8.96. The molecule has 2 atom stereocenters. The van der Waals surface area contributed by atoms with Crippen molar-refractivity contribution in [2.75, 3.05) is 31.5 Å². The number of halogens is 1. The lowest BCUT2D eigenvalue weighted by Crippen LogP contribution is -2.51. The minimum atomic E-state index is -0.466. The van der Waals surface area contributed by atoms with Gasteiger partial charge in [0.1, 0.15) is 5.82 Å². The molecule has 136 valence electrons. The number of benzene rings is 1. The molecule has 2 fully saturated rings. The maximum atomic E-state index is 13.7. The summed E-state index contributed by atoms with van der Waals surface area (Å²) in [4.78, 5) is 26.5. The van der Waals surface area contributed by atoms with Crippen molar-refractivity contribution in [3.63, 3.8) is 0 Å². The first-order valence-corrected chi connectivity index (χ1v) is 8.95. The van der Waals surface area contributed by atoms with Gasteiger partial charge >= 0.3 is 6.03 Å². The maximum Gasteiger partial charge on any atom is 0.321 e. The Morgan fingerprint density at radius 2 is 2.04 bits per heavy atom. The summed E-state index contributed by atoms with van der Waals surface area (Å²) >= 11 is 0. The zero-order valence-electron chi connectivity index (χ0n) is 14.3. The third kappa shape index (κ3) is 4.69. The van der Waals surface area contributed by atoms with Crippen molar-refractivity contribution in [3.05, 3.63) is 30.1 Å². The van der Waals surface area contributed by atoms with Crippen LogP contribution in [-0.2, 0) is 4.79 Å². The predicted octanol–water partition coefficient (Wildman–Crippen LogP) is 1.94. The van der Waals surface area contributed by atoms with Crippen LogP contribution in [-0.4, -0.2) is 49.1 Å². The topological polar surface area (TPSA) is 73.5 Å². The fourth-order valence-corrected chi connectivity index (χ4v) is 3.43. The molecule has 3 rings (SSSR count). The lowest BCUT2D eigenvalue weighted by Gasteiger charge is -2.33. The molecule has 0 spiro atoms. The van der Waals surface area contributed by atoms with E-state index in [1.54, 1.807) is 17.0 Å². The van der Waals surface area contributed by atoms with Crippen LogP contribution < -0.4 is 16.0 Å². The number of carbonyl (C=O) groups excluding carboxylic acids is 2. The minimum absolute atomic E-state index is 0.0112. The molecule has 0 aromatic heterocycles. The van der Waals surface area contributed by atoms with Gasteiger partial charge in [-0.15, -0.1) is 0 Å². The molecule has 0 saturated carbocycles. The summed E-state index contributed by atoms with van der Waals surface area (Å²) in [6.07, 6.45) is 3.59. The summed E-state index contributed by atoms with van der Waals surface area (Å²) < 4.78 is 13.7. The van der Waals surface area contributed by atoms with Crippen molar-refractivity contribution < 1.29 is 14.0 Å². The van der Waals surface area contributed by atoms with Crippen LogP contribution in [0, 0.1) is 11.7 Å². The van der Waals surface area contributed by atoms with Crippen molar-refractivity contribution in [3.8, 4) is 0 Å². The van der Waals surface area contributed by atoms with Gasteiger partial charge in [-0.25, -0.2) is 9.18 Å². The highest BCUT2D eigenvalue weighted by Crippen LogP contribution is 2.19. The molecule has 0 radical (unpaired) electrons. The Kier molecular flexibility index (Phi) is 5.86. The number of nitrogens with one attached hydrogen (secondary N) is 3. The zero-order chi connectivity index (χ0) is 17.6. The van der Waals surface area contributed by atoms with E-state index in [1.165, 1.54) is 12.1 Å². The molecule has 2 aliphatic heterocycles. The van der Waals surface area contributed by atoms with Crippen molar-refractivity contribution in [2.45, 2.75) is 31.7 Å². The maximum absolute atomic E-state index is 13.7. The van der Waals surface area contributed by atoms with Gasteiger partial charge in [0.05, 0.1) is 11.6 Å². The third-order valence-electron chi connectivity index (χ3n) is 4.84. The number of nitrogens with zero attached hydrogens (tertiary/aromatic N) is 1. The fraction of sp³-hybridized carbons (Fsp3) is 0.556. The van der Waals surface area contributed by atoms with E-state index in [0.717, 1.165) is 38.8 Å². The lowest BCUT2D eigenvalue weighted by atomic mass is 9.96. The number of carbonyl (C=O) groups is 2. The van der Waals surface area contributed by atoms with Crippen LogP contribution in [0.4, 0.5) is 14.9 Å². The quantitative estimate of drug-likeness (QED) is 0.782. The zero-order valence-corrected chi connectivity index (χ0v) is 14.3. The number of piperidine rings is 2. The Morgan fingerprint density at radius 3 is 2.80 bits per heavy atom. The van der Waals surface area contributed by atoms with Gasteiger partial charge in [-0.2, -0.15) is 0 Å². The molecule has 3 amide bonds. The van der Waals surface area contributed by atoms with Crippen LogP contribution in [0.1, 0.15) is 25.7 Å². The van der Waals surface area contributed by atoms with Crippen molar-refractivity contribution >= 4 is 17.6 Å². The molecular weight excluding hydrogens is 323 g/mol. The minimum Gasteiger partial charge on any atom is -0.352 e. The number of urea groups is 1. The van der Waals surface area contributed by atoms with Crippen molar-refractivity contribution in [1.29, 1.82) is 0 Å². The molecule has 6 nitrogen and oxygen atoms in total. The van der Waals surface area contributed by atoms with E-state index in [2.05, 4.69) is 16.0 Å². The van der Waals surface area contributed by atoms with Gasteiger partial charge in [-0.1, -0.05) is 12.1 Å². The predicted molar refractivity (Wildman–Crippen MR) is 93.8 cm³/mol. The average molecular weight is 348 g/mol. The van der Waals surface area contributed by atoms with Crippen LogP contribution in [0.25, 0.3) is 0 Å². The second kappa shape index (κ2) is 8.29. The Balaban J connectivity index is 1.54. The summed E-state index contributed by atoms with van der Waals surface area (Å²) in [7, 11) is 0. The summed E-state index contributed by atoms with van der Waals surface area (Å²) in [5.41, 5.74) is 0.160. The van der Waals surface area contributed by atoms with Gasteiger partial charge in [-0.3, -0.25) is 4.79 Å². The normalized spacial score (nSPS) is 23.8. The molecule has 0 bridgehead atoms. The van der Waals surface area contributed by atoms with Crippen LogP contribution in [0.5, 0.6) is 0 Å². The molecular formula is C18H25FN4O2. The Bertz CT molecular complexity index is 619. The average Bonchev–Trinajstić information content (AvgIpc) is 2.64. The summed E-state index contributed by atoms with van der Waals surface area (Å²) in [5.74, 6) is -0.661. The van der Waals surface area contributed by atoms with E-state index in [0.29, 0.717) is 13.1 Å². The number of anilines is 1. The molecule has 7 heteroatoms. The van der Waals surface area contributed by atoms with Gasteiger partial charge in [0.2, 0.25) is 5.91 Å². The van der Waals surface area contributed by atoms with E-state index in [9.17, 15) is 14.0 Å². The van der Waals surface area contributed by atoms with Gasteiger partial charge in [-0.05, 0) is 44.4 Å². The Hall–Kier alpha value is -2.15. The molecule has 0 aliphatic carbocycles. The molecule has 1 aromatic carbocycles. The van der Waals surface area contributed by atoms with Crippen LogP contribution >= 0.6 is 0 Å². The highest BCUT2D eigenvalue weighted by molar-refractivity contribution is 5.90. The third-order valence-corrected chi connectivity index (χ3v) is 4.84. The van der Waals surface area contributed by atoms with Crippen molar-refractivity contribution in [2.24, 2.45) is 5.92 Å². The second-order valence-corrected chi connectivity index (χ2v) is 6.75. The van der Waals surface area contributed by atoms with E-state index >= 15 is 0 Å². The largest absolute Gasteiger partial charge is 0.352 e. The second-order valence-electron chi connectivity index (χ2n) is 6.75. The van der Waals surface area contributed by atoms with E-state index in [4.69, 9.17) is 0 Å². The first kappa shape index (κ1) is 17.7. The van der Waals surface area contributed by atoms with E-state index in [1.807, 2.05) is 0 Å². The highest BCUT2D eigenvalue weighted by Gasteiger charge is 2.30. The van der Waals surface area contributed by atoms with Crippen LogP contribution in [0.3, 0.4) is 0 Å². The number of para-hydroxylation sites is 1. The number of hydrogen-bond acceptors (Lipinski definition) is 3. The summed E-state index contributed by atoms with van der Waals surface area (Å²) in [6.45, 7) is 2.75. The Morgan fingerprint density at radius 1 is 1.20 bits per heavy atom. The number of amides is 3. The van der Waals surface area contributed by atoms with Gasteiger partial charge in [0.15, 0.2) is 0 Å². The SMILES string of the molecule is O=C(N[C@H]1CCCNC1)C1CCCN(C(=O)Nc2ccccc2F)C1. The lowest BCUT2D eigenvalue weighted by molar-refractivity contribution is -0.127. The van der Waals surface area contributed by atoms with E-state index in [-0.39, 0.29) is 29.6 Å². The molecule has 1 aromatic rings. The number of rotatable bonds is 3. The highest BCUT2D eigenvalue weighted by atomic mass is 19.1. The molecule has 2 aliphatic rings. The van der Waals surface area contributed by atoms with Gasteiger partial charge in [0, 0.05) is 25.7 Å². The standard InChI is InChI=1S/C18H25FN4O2/c19-15-7-1-2-8-16(15)22-18(25)23-10-4-5-13(12-23)17(24)21-14-6-3-9-20-11-14/h1-2,7-8,13-14,20H,3-6,9-12H2,(H,21,24)(H,22,25)/t13?,14-/m0/s1. The van der Waals surface area contributed by atoms with Gasteiger partial charge < -0.3 is 20.9 Å². The summed E-state index contributed by atoms with van der Waals surface area (Å²) in [6, 6.07) is 5.89. The van der Waals surface area contributed by atoms with Crippen LogP contribution in [0.15, 0.2) is 24.3 Å². The molecule has 2 heterocycles. The smallest absolute Gasteiger partial charge is 0.321 e. The first-order chi connectivity index (χ1) is 12.1. The van der Waals surface area contributed by atoms with Crippen LogP contribution in [0.2, 0.25) is 0 Å². The van der Waals surface area contributed by atoms with E-state index < -0.39 is 5.82 Å². The first-order valence-electron chi connectivity index (χ1n) is 8.95. The number of likely N-dealkylation sites (tertiary alicyclic amines) is 1. The Labute approximate surface area is 147 Å². The fourth-order valence-electron chi connectivity index (χ4n) is 3.43. The van der Waals surface area contributed by atoms with Gasteiger partial charge in [0.25, 0.3) is 0 Å².